The Morgan fingerprint density at radius 2 is 2.43 bits per heavy atom. The molecule has 1 aromatic heterocycles. The maximum absolute atomic E-state index is 10.7. The van der Waals surface area contributed by atoms with E-state index in [0.717, 1.165) is 5.56 Å². The lowest BCUT2D eigenvalue weighted by atomic mass is 10.2. The number of allylic oxidation sites excluding steroid dienone is 1. The molecule has 14 heavy (non-hydrogen) atoms. The number of hydrogen-bond acceptors (Lipinski definition) is 2. The summed E-state index contributed by atoms with van der Waals surface area (Å²) in [5.74, 6) is -0.851. The van der Waals surface area contributed by atoms with Crippen molar-refractivity contribution in [2.24, 2.45) is 0 Å². The quantitative estimate of drug-likeness (QED) is 0.741. The zero-order valence-electron chi connectivity index (χ0n) is 8.40. The van der Waals surface area contributed by atoms with Crippen molar-refractivity contribution in [1.82, 2.24) is 9.78 Å². The van der Waals surface area contributed by atoms with Gasteiger partial charge in [-0.1, -0.05) is 13.0 Å². The van der Waals surface area contributed by atoms with Crippen molar-refractivity contribution >= 4 is 5.97 Å². The second kappa shape index (κ2) is 4.60. The molecule has 0 unspecified atom stereocenters. The summed E-state index contributed by atoms with van der Waals surface area (Å²) < 4.78 is 1.72. The van der Waals surface area contributed by atoms with Crippen LogP contribution in [0.3, 0.4) is 0 Å². The molecular weight excluding hydrogens is 180 g/mol. The van der Waals surface area contributed by atoms with Gasteiger partial charge in [0.25, 0.3) is 0 Å². The molecule has 1 heterocycles. The zero-order chi connectivity index (χ0) is 10.6. The van der Waals surface area contributed by atoms with Gasteiger partial charge in [0.05, 0.1) is 12.7 Å². The van der Waals surface area contributed by atoms with Crippen molar-refractivity contribution in [2.45, 2.75) is 26.8 Å². The molecule has 0 atom stereocenters. The molecule has 0 aliphatic heterocycles. The highest BCUT2D eigenvalue weighted by molar-refractivity contribution is 5.86. The Labute approximate surface area is 82.9 Å². The van der Waals surface area contributed by atoms with Crippen LogP contribution in [0.5, 0.6) is 0 Å². The first-order valence-electron chi connectivity index (χ1n) is 4.55. The SMILES string of the molecule is CCC(=CCn1cc(C)cn1)C(=O)O. The third-order valence-corrected chi connectivity index (χ3v) is 1.94. The molecule has 0 bridgehead atoms. The van der Waals surface area contributed by atoms with E-state index in [4.69, 9.17) is 5.11 Å². The third-order valence-electron chi connectivity index (χ3n) is 1.94. The number of hydrogen-bond donors (Lipinski definition) is 1. The fourth-order valence-electron chi connectivity index (χ4n) is 1.15. The summed E-state index contributed by atoms with van der Waals surface area (Å²) in [5.41, 5.74) is 1.50. The minimum atomic E-state index is -0.851. The van der Waals surface area contributed by atoms with Crippen LogP contribution in [0.2, 0.25) is 0 Å². The summed E-state index contributed by atoms with van der Waals surface area (Å²) >= 11 is 0. The Morgan fingerprint density at radius 3 is 2.86 bits per heavy atom. The van der Waals surface area contributed by atoms with Gasteiger partial charge in [0.15, 0.2) is 0 Å². The summed E-state index contributed by atoms with van der Waals surface area (Å²) in [5, 5.41) is 12.8. The van der Waals surface area contributed by atoms with Crippen molar-refractivity contribution in [3.8, 4) is 0 Å². The van der Waals surface area contributed by atoms with Crippen LogP contribution < -0.4 is 0 Å². The Bertz CT molecular complexity index is 353. The molecule has 0 radical (unpaired) electrons. The number of carboxylic acids is 1. The Kier molecular flexibility index (Phi) is 3.45. The number of nitrogens with zero attached hydrogens (tertiary/aromatic N) is 2. The van der Waals surface area contributed by atoms with Gasteiger partial charge >= 0.3 is 5.97 Å². The van der Waals surface area contributed by atoms with Crippen molar-refractivity contribution in [3.05, 3.63) is 29.6 Å². The van der Waals surface area contributed by atoms with Crippen LogP contribution in [0.25, 0.3) is 0 Å². The molecule has 1 aromatic rings. The largest absolute Gasteiger partial charge is 0.478 e. The van der Waals surface area contributed by atoms with Crippen LogP contribution in [-0.4, -0.2) is 20.9 Å². The van der Waals surface area contributed by atoms with E-state index in [1.165, 1.54) is 0 Å². The summed E-state index contributed by atoms with van der Waals surface area (Å²) in [4.78, 5) is 10.7. The molecule has 0 spiro atoms. The first-order chi connectivity index (χ1) is 6.63. The summed E-state index contributed by atoms with van der Waals surface area (Å²) in [6.07, 6.45) is 5.86. The molecule has 0 aliphatic carbocycles. The molecule has 1 N–H and O–H groups in total. The van der Waals surface area contributed by atoms with Crippen molar-refractivity contribution in [1.29, 1.82) is 0 Å². The van der Waals surface area contributed by atoms with Gasteiger partial charge < -0.3 is 5.11 Å². The van der Waals surface area contributed by atoms with Gasteiger partial charge in [-0.3, -0.25) is 4.68 Å². The molecule has 0 aromatic carbocycles. The lowest BCUT2D eigenvalue weighted by molar-refractivity contribution is -0.132. The first kappa shape index (κ1) is 10.5. The molecule has 0 aliphatic rings. The number of aliphatic carboxylic acids is 1. The average molecular weight is 194 g/mol. The topological polar surface area (TPSA) is 55.1 Å². The molecule has 4 heteroatoms. The number of carbonyl (C=O) groups is 1. The molecule has 4 nitrogen and oxygen atoms in total. The van der Waals surface area contributed by atoms with Gasteiger partial charge in [0, 0.05) is 11.8 Å². The van der Waals surface area contributed by atoms with E-state index in [2.05, 4.69) is 5.10 Å². The molecule has 0 saturated heterocycles. The maximum Gasteiger partial charge on any atom is 0.331 e. The van der Waals surface area contributed by atoms with Gasteiger partial charge in [-0.05, 0) is 18.9 Å². The van der Waals surface area contributed by atoms with Crippen molar-refractivity contribution in [2.75, 3.05) is 0 Å². The van der Waals surface area contributed by atoms with Crippen LogP contribution in [-0.2, 0) is 11.3 Å². The monoisotopic (exact) mass is 194 g/mol. The van der Waals surface area contributed by atoms with Crippen LogP contribution in [0, 0.1) is 6.92 Å². The van der Waals surface area contributed by atoms with E-state index in [0.29, 0.717) is 18.5 Å². The summed E-state index contributed by atoms with van der Waals surface area (Å²) in [6.45, 7) is 4.29. The van der Waals surface area contributed by atoms with E-state index in [1.54, 1.807) is 17.0 Å². The lowest BCUT2D eigenvalue weighted by Crippen LogP contribution is -2.02. The fourth-order valence-corrected chi connectivity index (χ4v) is 1.15. The molecule has 0 saturated carbocycles. The fraction of sp³-hybridized carbons (Fsp3) is 0.400. The Balaban J connectivity index is 2.65. The summed E-state index contributed by atoms with van der Waals surface area (Å²) in [7, 11) is 0. The van der Waals surface area contributed by atoms with E-state index in [-0.39, 0.29) is 0 Å². The average Bonchev–Trinajstić information content (AvgIpc) is 2.52. The van der Waals surface area contributed by atoms with Crippen molar-refractivity contribution in [3.63, 3.8) is 0 Å². The molecular formula is C10H14N2O2. The number of carboxylic acid groups (broad SMARTS) is 1. The molecule has 0 amide bonds. The summed E-state index contributed by atoms with van der Waals surface area (Å²) in [6, 6.07) is 0. The van der Waals surface area contributed by atoms with Crippen LogP contribution in [0.15, 0.2) is 24.0 Å². The van der Waals surface area contributed by atoms with E-state index < -0.39 is 5.97 Å². The third kappa shape index (κ3) is 2.73. The smallest absolute Gasteiger partial charge is 0.331 e. The minimum absolute atomic E-state index is 0.429. The molecule has 1 rings (SSSR count). The standard InChI is InChI=1S/C10H14N2O2/c1-3-9(10(13)14)4-5-12-7-8(2)6-11-12/h4,6-7H,3,5H2,1-2H3,(H,13,14). The first-order valence-corrected chi connectivity index (χ1v) is 4.55. The second-order valence-corrected chi connectivity index (χ2v) is 3.13. The number of aromatic nitrogens is 2. The highest BCUT2D eigenvalue weighted by atomic mass is 16.4. The zero-order valence-corrected chi connectivity index (χ0v) is 8.40. The molecule has 0 fully saturated rings. The molecule has 76 valence electrons. The normalized spacial score (nSPS) is 11.7. The maximum atomic E-state index is 10.7. The number of aryl methyl sites for hydroxylation is 1. The number of rotatable bonds is 4. The van der Waals surface area contributed by atoms with Gasteiger partial charge in [0.1, 0.15) is 0 Å². The van der Waals surface area contributed by atoms with Gasteiger partial charge in [-0.25, -0.2) is 4.79 Å². The van der Waals surface area contributed by atoms with E-state index in [1.807, 2.05) is 20.0 Å². The second-order valence-electron chi connectivity index (χ2n) is 3.13. The van der Waals surface area contributed by atoms with E-state index in [9.17, 15) is 4.79 Å². The Hall–Kier alpha value is -1.58. The lowest BCUT2D eigenvalue weighted by Gasteiger charge is -1.98. The predicted molar refractivity (Wildman–Crippen MR) is 53.0 cm³/mol. The van der Waals surface area contributed by atoms with Crippen LogP contribution in [0.4, 0.5) is 0 Å². The van der Waals surface area contributed by atoms with Gasteiger partial charge in [0.2, 0.25) is 0 Å². The highest BCUT2D eigenvalue weighted by Crippen LogP contribution is 2.02. The highest BCUT2D eigenvalue weighted by Gasteiger charge is 2.03. The van der Waals surface area contributed by atoms with Gasteiger partial charge in [-0.2, -0.15) is 5.10 Å². The minimum Gasteiger partial charge on any atom is -0.478 e. The van der Waals surface area contributed by atoms with Gasteiger partial charge in [-0.15, -0.1) is 0 Å². The van der Waals surface area contributed by atoms with Crippen LogP contribution >= 0.6 is 0 Å². The Morgan fingerprint density at radius 1 is 1.71 bits per heavy atom. The van der Waals surface area contributed by atoms with Crippen LogP contribution in [0.1, 0.15) is 18.9 Å². The van der Waals surface area contributed by atoms with E-state index >= 15 is 0 Å². The van der Waals surface area contributed by atoms with Crippen molar-refractivity contribution < 1.29 is 9.90 Å². The predicted octanol–water partition coefficient (Wildman–Crippen LogP) is 1.61.